The Morgan fingerprint density at radius 2 is 1.88 bits per heavy atom. The number of carbonyl (C=O) groups is 2. The van der Waals surface area contributed by atoms with Crippen LogP contribution >= 0.6 is 0 Å². The normalized spacial score (nSPS) is 33.5. The molecule has 0 radical (unpaired) electrons. The fourth-order valence-corrected chi connectivity index (χ4v) is 2.02. The molecule has 0 saturated carbocycles. The van der Waals surface area contributed by atoms with Crippen molar-refractivity contribution in [2.75, 3.05) is 0 Å². The first-order valence-corrected chi connectivity index (χ1v) is 5.43. The van der Waals surface area contributed by atoms with Crippen molar-refractivity contribution in [3.8, 4) is 0 Å². The van der Waals surface area contributed by atoms with Crippen LogP contribution in [-0.4, -0.2) is 36.4 Å². The summed E-state index contributed by atoms with van der Waals surface area (Å²) in [6, 6.07) is 0. The van der Waals surface area contributed by atoms with E-state index in [-0.39, 0.29) is 18.6 Å². The molecule has 0 amide bonds. The van der Waals surface area contributed by atoms with Crippen LogP contribution in [0.15, 0.2) is 24.8 Å². The Morgan fingerprint density at radius 3 is 2.41 bits per heavy atom. The SMILES string of the molecule is C=CCC(=O)O[C@@H]1[C@H](OC(C)=O)[C@@H]2C=C[C@H]1O2. The van der Waals surface area contributed by atoms with Crippen LogP contribution in [0.2, 0.25) is 0 Å². The summed E-state index contributed by atoms with van der Waals surface area (Å²) in [5.41, 5.74) is 0. The Morgan fingerprint density at radius 1 is 1.29 bits per heavy atom. The standard InChI is InChI=1S/C12H14O5/c1-3-4-10(14)17-12-9-6-5-8(16-9)11(12)15-7(2)13/h3,5-6,8-9,11-12H,1,4H2,2H3/t8-,9+,11+,12-/m0/s1. The molecular weight excluding hydrogens is 224 g/mol. The monoisotopic (exact) mass is 238 g/mol. The highest BCUT2D eigenvalue weighted by atomic mass is 16.6. The van der Waals surface area contributed by atoms with Crippen LogP contribution in [0.5, 0.6) is 0 Å². The van der Waals surface area contributed by atoms with E-state index in [9.17, 15) is 9.59 Å². The Labute approximate surface area is 99.0 Å². The summed E-state index contributed by atoms with van der Waals surface area (Å²) in [6.07, 6.45) is 3.49. The minimum absolute atomic E-state index is 0.129. The highest BCUT2D eigenvalue weighted by Crippen LogP contribution is 2.33. The molecule has 0 aliphatic carbocycles. The molecular formula is C12H14O5. The number of carbonyl (C=O) groups excluding carboxylic acids is 2. The van der Waals surface area contributed by atoms with E-state index >= 15 is 0 Å². The van der Waals surface area contributed by atoms with Gasteiger partial charge in [-0.3, -0.25) is 9.59 Å². The van der Waals surface area contributed by atoms with Gasteiger partial charge in [-0.2, -0.15) is 0 Å². The van der Waals surface area contributed by atoms with Crippen LogP contribution in [0, 0.1) is 0 Å². The zero-order chi connectivity index (χ0) is 12.4. The van der Waals surface area contributed by atoms with Crippen LogP contribution in [0.4, 0.5) is 0 Å². The topological polar surface area (TPSA) is 61.8 Å². The first kappa shape index (κ1) is 11.9. The van der Waals surface area contributed by atoms with E-state index in [1.54, 1.807) is 0 Å². The van der Waals surface area contributed by atoms with Crippen molar-refractivity contribution < 1.29 is 23.8 Å². The fraction of sp³-hybridized carbons (Fsp3) is 0.500. The first-order chi connectivity index (χ1) is 8.11. The van der Waals surface area contributed by atoms with Crippen LogP contribution in [0.1, 0.15) is 13.3 Å². The molecule has 5 heteroatoms. The van der Waals surface area contributed by atoms with Gasteiger partial charge >= 0.3 is 11.9 Å². The third-order valence-corrected chi connectivity index (χ3v) is 2.66. The predicted octanol–water partition coefficient (Wildman–Crippen LogP) is 0.743. The second-order valence-electron chi connectivity index (χ2n) is 3.97. The summed E-state index contributed by atoms with van der Waals surface area (Å²) in [4.78, 5) is 22.4. The maximum absolute atomic E-state index is 11.4. The molecule has 2 aliphatic heterocycles. The minimum atomic E-state index is -0.554. The fourth-order valence-electron chi connectivity index (χ4n) is 2.02. The van der Waals surface area contributed by atoms with Gasteiger partial charge in [-0.25, -0.2) is 0 Å². The molecule has 2 bridgehead atoms. The maximum atomic E-state index is 11.4. The van der Waals surface area contributed by atoms with Crippen molar-refractivity contribution >= 4 is 11.9 Å². The molecule has 4 atom stereocenters. The Kier molecular flexibility index (Phi) is 3.28. The van der Waals surface area contributed by atoms with Gasteiger partial charge in [0, 0.05) is 6.92 Å². The summed E-state index contributed by atoms with van der Waals surface area (Å²) < 4.78 is 15.8. The summed E-state index contributed by atoms with van der Waals surface area (Å²) >= 11 is 0. The molecule has 1 saturated heterocycles. The Hall–Kier alpha value is -1.62. The molecule has 5 nitrogen and oxygen atoms in total. The van der Waals surface area contributed by atoms with Crippen LogP contribution < -0.4 is 0 Å². The van der Waals surface area contributed by atoms with Gasteiger partial charge in [0.2, 0.25) is 0 Å². The van der Waals surface area contributed by atoms with E-state index in [4.69, 9.17) is 14.2 Å². The number of hydrogen-bond acceptors (Lipinski definition) is 5. The summed E-state index contributed by atoms with van der Waals surface area (Å²) in [6.45, 7) is 4.78. The molecule has 2 rings (SSSR count). The zero-order valence-electron chi connectivity index (χ0n) is 9.50. The zero-order valence-corrected chi connectivity index (χ0v) is 9.50. The van der Waals surface area contributed by atoms with Crippen molar-refractivity contribution in [2.45, 2.75) is 37.8 Å². The number of rotatable bonds is 4. The number of esters is 2. The van der Waals surface area contributed by atoms with Gasteiger partial charge in [-0.05, 0) is 0 Å². The molecule has 1 fully saturated rings. The van der Waals surface area contributed by atoms with Gasteiger partial charge in [-0.15, -0.1) is 6.58 Å². The van der Waals surface area contributed by atoms with Gasteiger partial charge in [0.1, 0.15) is 12.2 Å². The lowest BCUT2D eigenvalue weighted by Gasteiger charge is -2.24. The van der Waals surface area contributed by atoms with E-state index in [1.807, 2.05) is 12.2 Å². The largest absolute Gasteiger partial charge is 0.455 e. The minimum Gasteiger partial charge on any atom is -0.455 e. The van der Waals surface area contributed by atoms with Gasteiger partial charge in [0.25, 0.3) is 0 Å². The van der Waals surface area contributed by atoms with Crippen molar-refractivity contribution in [3.63, 3.8) is 0 Å². The molecule has 0 aromatic rings. The Balaban J connectivity index is 2.03. The molecule has 2 aliphatic rings. The van der Waals surface area contributed by atoms with Crippen molar-refractivity contribution in [3.05, 3.63) is 24.8 Å². The highest BCUT2D eigenvalue weighted by molar-refractivity contribution is 5.71. The van der Waals surface area contributed by atoms with E-state index in [0.717, 1.165) is 0 Å². The first-order valence-electron chi connectivity index (χ1n) is 5.43. The molecule has 0 unspecified atom stereocenters. The van der Waals surface area contributed by atoms with E-state index in [1.165, 1.54) is 13.0 Å². The summed E-state index contributed by atoms with van der Waals surface area (Å²) in [5, 5.41) is 0. The van der Waals surface area contributed by atoms with Crippen LogP contribution in [0.25, 0.3) is 0 Å². The van der Waals surface area contributed by atoms with Crippen LogP contribution in [-0.2, 0) is 23.8 Å². The molecule has 0 spiro atoms. The highest BCUT2D eigenvalue weighted by Gasteiger charge is 2.50. The van der Waals surface area contributed by atoms with E-state index < -0.39 is 24.1 Å². The Bertz CT molecular complexity index is 373. The molecule has 0 aromatic heterocycles. The number of ether oxygens (including phenoxy) is 3. The van der Waals surface area contributed by atoms with E-state index in [0.29, 0.717) is 0 Å². The van der Waals surface area contributed by atoms with Crippen LogP contribution in [0.3, 0.4) is 0 Å². The van der Waals surface area contributed by atoms with Gasteiger partial charge < -0.3 is 14.2 Å². The maximum Gasteiger partial charge on any atom is 0.310 e. The molecule has 17 heavy (non-hydrogen) atoms. The van der Waals surface area contributed by atoms with Crippen molar-refractivity contribution in [2.24, 2.45) is 0 Å². The average molecular weight is 238 g/mol. The predicted molar refractivity (Wildman–Crippen MR) is 58.0 cm³/mol. The van der Waals surface area contributed by atoms with Gasteiger partial charge in [-0.1, -0.05) is 18.2 Å². The lowest BCUT2D eigenvalue weighted by atomic mass is 10.0. The number of hydrogen-bond donors (Lipinski definition) is 0. The number of fused-ring (bicyclic) bond motifs is 2. The molecule has 92 valence electrons. The summed E-state index contributed by atoms with van der Waals surface area (Å²) in [5.74, 6) is -0.809. The second-order valence-corrected chi connectivity index (χ2v) is 3.97. The third-order valence-electron chi connectivity index (χ3n) is 2.66. The smallest absolute Gasteiger partial charge is 0.310 e. The molecule has 0 aromatic carbocycles. The average Bonchev–Trinajstić information content (AvgIpc) is 2.81. The molecule has 0 N–H and O–H groups in total. The van der Waals surface area contributed by atoms with Gasteiger partial charge in [0.05, 0.1) is 6.42 Å². The lowest BCUT2D eigenvalue weighted by Crippen LogP contribution is -2.41. The van der Waals surface area contributed by atoms with E-state index in [2.05, 4.69) is 6.58 Å². The second kappa shape index (κ2) is 4.71. The van der Waals surface area contributed by atoms with Crippen molar-refractivity contribution in [1.29, 1.82) is 0 Å². The lowest BCUT2D eigenvalue weighted by molar-refractivity contribution is -0.164. The third kappa shape index (κ3) is 2.39. The van der Waals surface area contributed by atoms with Gasteiger partial charge in [0.15, 0.2) is 12.2 Å². The summed E-state index contributed by atoms with van der Waals surface area (Å²) in [7, 11) is 0. The molecule has 2 heterocycles. The quantitative estimate of drug-likeness (QED) is 0.534. The van der Waals surface area contributed by atoms with Crippen molar-refractivity contribution in [1.82, 2.24) is 0 Å².